The summed E-state index contributed by atoms with van der Waals surface area (Å²) in [7, 11) is 0. The Balaban J connectivity index is 1.89. The second-order valence-electron chi connectivity index (χ2n) is 6.16. The third kappa shape index (κ3) is 2.63. The highest BCUT2D eigenvalue weighted by Gasteiger charge is 2.38. The number of carbonyl (C=O) groups excluding carboxylic acids is 2. The molecule has 0 atom stereocenters. The van der Waals surface area contributed by atoms with Crippen molar-refractivity contribution >= 4 is 34.5 Å². The molecule has 3 rings (SSSR count). The van der Waals surface area contributed by atoms with E-state index in [1.165, 1.54) is 11.3 Å². The van der Waals surface area contributed by atoms with E-state index in [1.54, 1.807) is 6.07 Å². The van der Waals surface area contributed by atoms with Gasteiger partial charge in [0, 0.05) is 11.4 Å². The Kier molecular flexibility index (Phi) is 3.72. The summed E-state index contributed by atoms with van der Waals surface area (Å²) in [5.41, 5.74) is 2.62. The fourth-order valence-electron chi connectivity index (χ4n) is 2.72. The molecular weight excluding hydrogens is 310 g/mol. The Morgan fingerprint density at radius 3 is 2.83 bits per heavy atom. The standard InChI is InChI=1S/C17H19N3O2S/c1-5-12-14(23-9(2)18-12)15(21)19-10-6-7-13-11(8-10)17(3,4)16(22)20-13/h6-8H,5H2,1-4H3,(H,19,21)(H,20,22). The van der Waals surface area contributed by atoms with Gasteiger partial charge in [0.25, 0.3) is 5.91 Å². The van der Waals surface area contributed by atoms with Crippen LogP contribution in [0.15, 0.2) is 18.2 Å². The molecule has 2 N–H and O–H groups in total. The number of rotatable bonds is 3. The van der Waals surface area contributed by atoms with E-state index in [-0.39, 0.29) is 11.8 Å². The second-order valence-corrected chi connectivity index (χ2v) is 7.36. The number of nitrogens with one attached hydrogen (secondary N) is 2. The third-order valence-corrected chi connectivity index (χ3v) is 5.12. The number of thiazole rings is 1. The van der Waals surface area contributed by atoms with Crippen LogP contribution in [0.5, 0.6) is 0 Å². The number of carbonyl (C=O) groups is 2. The molecular formula is C17H19N3O2S. The molecule has 0 spiro atoms. The van der Waals surface area contributed by atoms with Gasteiger partial charge in [-0.15, -0.1) is 11.3 Å². The molecule has 1 aliphatic heterocycles. The van der Waals surface area contributed by atoms with Crippen LogP contribution in [0, 0.1) is 6.92 Å². The summed E-state index contributed by atoms with van der Waals surface area (Å²) >= 11 is 1.40. The zero-order valence-electron chi connectivity index (χ0n) is 13.6. The van der Waals surface area contributed by atoms with Crippen LogP contribution in [0.25, 0.3) is 0 Å². The van der Waals surface area contributed by atoms with E-state index in [0.717, 1.165) is 28.4 Å². The maximum atomic E-state index is 12.5. The number of aromatic nitrogens is 1. The molecule has 0 fully saturated rings. The molecule has 2 amide bonds. The summed E-state index contributed by atoms with van der Waals surface area (Å²) in [5, 5.41) is 6.67. The van der Waals surface area contributed by atoms with E-state index in [0.29, 0.717) is 10.6 Å². The highest BCUT2D eigenvalue weighted by molar-refractivity contribution is 7.13. The molecule has 2 aromatic rings. The Hall–Kier alpha value is -2.21. The van der Waals surface area contributed by atoms with Gasteiger partial charge in [-0.05, 0) is 51.0 Å². The Morgan fingerprint density at radius 2 is 2.13 bits per heavy atom. The molecule has 0 unspecified atom stereocenters. The van der Waals surface area contributed by atoms with Crippen molar-refractivity contribution in [2.45, 2.75) is 39.5 Å². The molecule has 0 aliphatic carbocycles. The van der Waals surface area contributed by atoms with Gasteiger partial charge >= 0.3 is 0 Å². The van der Waals surface area contributed by atoms with Crippen molar-refractivity contribution in [2.24, 2.45) is 0 Å². The van der Waals surface area contributed by atoms with Crippen LogP contribution >= 0.6 is 11.3 Å². The molecule has 0 bridgehead atoms. The topological polar surface area (TPSA) is 71.1 Å². The SMILES string of the molecule is CCc1nc(C)sc1C(=O)Nc1ccc2c(c1)C(C)(C)C(=O)N2. The molecule has 120 valence electrons. The van der Waals surface area contributed by atoms with Crippen LogP contribution in [0.3, 0.4) is 0 Å². The number of benzene rings is 1. The summed E-state index contributed by atoms with van der Waals surface area (Å²) < 4.78 is 0. The van der Waals surface area contributed by atoms with Crippen molar-refractivity contribution in [3.05, 3.63) is 39.3 Å². The van der Waals surface area contributed by atoms with E-state index >= 15 is 0 Å². The zero-order valence-corrected chi connectivity index (χ0v) is 14.4. The van der Waals surface area contributed by atoms with Gasteiger partial charge in [0.2, 0.25) is 5.91 Å². The number of nitrogens with zero attached hydrogens (tertiary/aromatic N) is 1. The molecule has 0 saturated heterocycles. The minimum Gasteiger partial charge on any atom is -0.325 e. The van der Waals surface area contributed by atoms with Crippen LogP contribution in [-0.2, 0) is 16.6 Å². The van der Waals surface area contributed by atoms with Gasteiger partial charge in [-0.1, -0.05) is 6.92 Å². The first-order valence-electron chi connectivity index (χ1n) is 7.56. The molecule has 2 heterocycles. The first-order chi connectivity index (χ1) is 10.8. The fraction of sp³-hybridized carbons (Fsp3) is 0.353. The first-order valence-corrected chi connectivity index (χ1v) is 8.38. The molecule has 1 aromatic carbocycles. The number of anilines is 2. The van der Waals surface area contributed by atoms with Crippen molar-refractivity contribution < 1.29 is 9.59 Å². The summed E-state index contributed by atoms with van der Waals surface area (Å²) in [6.07, 6.45) is 0.725. The minimum absolute atomic E-state index is 0.0256. The van der Waals surface area contributed by atoms with E-state index < -0.39 is 5.41 Å². The van der Waals surface area contributed by atoms with Crippen molar-refractivity contribution in [3.63, 3.8) is 0 Å². The van der Waals surface area contributed by atoms with Crippen LogP contribution in [0.4, 0.5) is 11.4 Å². The maximum Gasteiger partial charge on any atom is 0.267 e. The summed E-state index contributed by atoms with van der Waals surface area (Å²) in [4.78, 5) is 29.5. The number of amides is 2. The normalized spacial score (nSPS) is 15.2. The molecule has 5 nitrogen and oxygen atoms in total. The first kappa shape index (κ1) is 15.7. The average Bonchev–Trinajstić information content (AvgIpc) is 2.98. The molecule has 23 heavy (non-hydrogen) atoms. The van der Waals surface area contributed by atoms with Gasteiger partial charge in [0.05, 0.1) is 16.1 Å². The maximum absolute atomic E-state index is 12.5. The molecule has 1 aromatic heterocycles. The monoisotopic (exact) mass is 329 g/mol. The number of fused-ring (bicyclic) bond motifs is 1. The number of hydrogen-bond donors (Lipinski definition) is 2. The van der Waals surface area contributed by atoms with Gasteiger partial charge in [-0.2, -0.15) is 0 Å². The Bertz CT molecular complexity index is 808. The van der Waals surface area contributed by atoms with Crippen LogP contribution in [0.1, 0.15) is 46.7 Å². The van der Waals surface area contributed by atoms with Crippen molar-refractivity contribution in [1.82, 2.24) is 4.98 Å². The predicted octanol–water partition coefficient (Wildman–Crippen LogP) is 3.50. The lowest BCUT2D eigenvalue weighted by Crippen LogP contribution is -2.26. The van der Waals surface area contributed by atoms with E-state index in [1.807, 2.05) is 39.8 Å². The lowest BCUT2D eigenvalue weighted by molar-refractivity contribution is -0.119. The lowest BCUT2D eigenvalue weighted by Gasteiger charge is -2.16. The van der Waals surface area contributed by atoms with E-state index in [4.69, 9.17) is 0 Å². The highest BCUT2D eigenvalue weighted by atomic mass is 32.1. The Labute approximate surface area is 139 Å². The van der Waals surface area contributed by atoms with Crippen molar-refractivity contribution in [1.29, 1.82) is 0 Å². The van der Waals surface area contributed by atoms with Gasteiger partial charge in [0.1, 0.15) is 4.88 Å². The van der Waals surface area contributed by atoms with Crippen LogP contribution in [-0.4, -0.2) is 16.8 Å². The molecule has 0 radical (unpaired) electrons. The average molecular weight is 329 g/mol. The fourth-order valence-corrected chi connectivity index (χ4v) is 3.63. The summed E-state index contributed by atoms with van der Waals surface area (Å²) in [5.74, 6) is -0.176. The molecule has 6 heteroatoms. The second kappa shape index (κ2) is 5.45. The lowest BCUT2D eigenvalue weighted by atomic mass is 9.86. The quantitative estimate of drug-likeness (QED) is 0.905. The molecule has 1 aliphatic rings. The number of hydrogen-bond acceptors (Lipinski definition) is 4. The minimum atomic E-state index is -0.592. The van der Waals surface area contributed by atoms with Gasteiger partial charge in [0.15, 0.2) is 0 Å². The van der Waals surface area contributed by atoms with Crippen molar-refractivity contribution in [3.8, 4) is 0 Å². The highest BCUT2D eigenvalue weighted by Crippen LogP contribution is 2.38. The smallest absolute Gasteiger partial charge is 0.267 e. The van der Waals surface area contributed by atoms with E-state index in [2.05, 4.69) is 15.6 Å². The van der Waals surface area contributed by atoms with Crippen LogP contribution < -0.4 is 10.6 Å². The zero-order chi connectivity index (χ0) is 16.8. The molecule has 0 saturated carbocycles. The summed E-state index contributed by atoms with van der Waals surface area (Å²) in [6.45, 7) is 7.64. The van der Waals surface area contributed by atoms with Gasteiger partial charge in [-0.25, -0.2) is 4.98 Å². The third-order valence-electron chi connectivity index (χ3n) is 4.11. The summed E-state index contributed by atoms with van der Waals surface area (Å²) in [6, 6.07) is 5.50. The predicted molar refractivity (Wildman–Crippen MR) is 92.3 cm³/mol. The van der Waals surface area contributed by atoms with Crippen molar-refractivity contribution in [2.75, 3.05) is 10.6 Å². The number of aryl methyl sites for hydroxylation is 2. The van der Waals surface area contributed by atoms with Gasteiger partial charge < -0.3 is 10.6 Å². The van der Waals surface area contributed by atoms with Crippen LogP contribution in [0.2, 0.25) is 0 Å². The largest absolute Gasteiger partial charge is 0.325 e. The Morgan fingerprint density at radius 1 is 1.39 bits per heavy atom. The van der Waals surface area contributed by atoms with Gasteiger partial charge in [-0.3, -0.25) is 9.59 Å². The van der Waals surface area contributed by atoms with E-state index in [9.17, 15) is 9.59 Å².